The van der Waals surface area contributed by atoms with E-state index in [1.165, 1.54) is 0 Å². The molecule has 0 aliphatic carbocycles. The van der Waals surface area contributed by atoms with E-state index in [-0.39, 0.29) is 17.7 Å². The van der Waals surface area contributed by atoms with Gasteiger partial charge in [-0.25, -0.2) is 0 Å². The quantitative estimate of drug-likeness (QED) is 0.874. The van der Waals surface area contributed by atoms with Crippen LogP contribution in [0.5, 0.6) is 5.75 Å². The van der Waals surface area contributed by atoms with Crippen LogP contribution in [0.1, 0.15) is 47.1 Å². The van der Waals surface area contributed by atoms with Crippen molar-refractivity contribution in [3.63, 3.8) is 0 Å². The number of aromatic amines is 1. The predicted molar refractivity (Wildman–Crippen MR) is 74.7 cm³/mol. The van der Waals surface area contributed by atoms with Gasteiger partial charge in [0.2, 0.25) is 0 Å². The van der Waals surface area contributed by atoms with Crippen LogP contribution < -0.4 is 0 Å². The van der Waals surface area contributed by atoms with Gasteiger partial charge in [0, 0.05) is 12.1 Å². The number of benzene rings is 1. The summed E-state index contributed by atoms with van der Waals surface area (Å²) in [7, 11) is 0. The van der Waals surface area contributed by atoms with Gasteiger partial charge in [-0.1, -0.05) is 5.21 Å². The lowest BCUT2D eigenvalue weighted by Gasteiger charge is -2.33. The number of hydrogen-bond acceptors (Lipinski definition) is 5. The molecule has 1 atom stereocenters. The minimum atomic E-state index is -0.140. The summed E-state index contributed by atoms with van der Waals surface area (Å²) < 4.78 is 0. The summed E-state index contributed by atoms with van der Waals surface area (Å²) in [6.07, 6.45) is 2.84. The Bertz CT molecular complexity index is 641. The summed E-state index contributed by atoms with van der Waals surface area (Å²) >= 11 is 0. The topological polar surface area (TPSA) is 95.0 Å². The van der Waals surface area contributed by atoms with Gasteiger partial charge in [-0.2, -0.15) is 5.21 Å². The van der Waals surface area contributed by atoms with Gasteiger partial charge < -0.3 is 10.0 Å². The number of aryl methyl sites for hydroxylation is 1. The van der Waals surface area contributed by atoms with Crippen molar-refractivity contribution in [2.24, 2.45) is 0 Å². The van der Waals surface area contributed by atoms with Crippen molar-refractivity contribution < 1.29 is 9.90 Å². The molecule has 1 fully saturated rings. The molecule has 110 valence electrons. The molecule has 1 amide bonds. The van der Waals surface area contributed by atoms with Crippen LogP contribution in [0.2, 0.25) is 0 Å². The number of amides is 1. The molecule has 2 aromatic rings. The van der Waals surface area contributed by atoms with Crippen LogP contribution in [0.4, 0.5) is 0 Å². The van der Waals surface area contributed by atoms with Crippen molar-refractivity contribution in [2.75, 3.05) is 6.54 Å². The van der Waals surface area contributed by atoms with Crippen LogP contribution in [-0.4, -0.2) is 43.1 Å². The molecule has 1 aromatic heterocycles. The number of aromatic hydroxyl groups is 1. The molecule has 1 aromatic carbocycles. The summed E-state index contributed by atoms with van der Waals surface area (Å²) in [5.41, 5.74) is 1.26. The summed E-state index contributed by atoms with van der Waals surface area (Å²) in [5.74, 6) is 0.686. The molecule has 0 spiro atoms. The van der Waals surface area contributed by atoms with Crippen LogP contribution in [-0.2, 0) is 0 Å². The van der Waals surface area contributed by atoms with E-state index in [0.29, 0.717) is 23.5 Å². The lowest BCUT2D eigenvalue weighted by molar-refractivity contribution is 0.0600. The Balaban J connectivity index is 1.89. The van der Waals surface area contributed by atoms with Crippen LogP contribution in [0.25, 0.3) is 0 Å². The number of likely N-dealkylation sites (tertiary alicyclic amines) is 1. The first kappa shape index (κ1) is 13.5. The number of nitrogens with one attached hydrogen (secondary N) is 1. The Morgan fingerprint density at radius 2 is 2.29 bits per heavy atom. The number of tetrazole rings is 1. The highest BCUT2D eigenvalue weighted by molar-refractivity contribution is 5.95. The Hall–Kier alpha value is -2.44. The molecule has 1 aliphatic heterocycles. The average Bonchev–Trinajstić information content (AvgIpc) is 3.03. The smallest absolute Gasteiger partial charge is 0.254 e. The molecule has 2 N–H and O–H groups in total. The summed E-state index contributed by atoms with van der Waals surface area (Å²) in [6, 6.07) is 4.77. The lowest BCUT2D eigenvalue weighted by Crippen LogP contribution is -2.39. The second kappa shape index (κ2) is 5.51. The van der Waals surface area contributed by atoms with Gasteiger partial charge >= 0.3 is 0 Å². The van der Waals surface area contributed by atoms with E-state index in [1.54, 1.807) is 30.0 Å². The molecular weight excluding hydrogens is 270 g/mol. The number of carbonyl (C=O) groups is 1. The van der Waals surface area contributed by atoms with Crippen molar-refractivity contribution in [2.45, 2.75) is 32.2 Å². The number of hydrogen-bond donors (Lipinski definition) is 2. The maximum Gasteiger partial charge on any atom is 0.254 e. The maximum absolute atomic E-state index is 12.7. The highest BCUT2D eigenvalue weighted by Gasteiger charge is 2.31. The molecule has 7 nitrogen and oxygen atoms in total. The molecule has 3 rings (SSSR count). The zero-order valence-electron chi connectivity index (χ0n) is 11.8. The normalized spacial score (nSPS) is 18.7. The third kappa shape index (κ3) is 2.58. The SMILES string of the molecule is Cc1cc(C(=O)N2CCCCC2c2nn[nH]n2)ccc1O. The fourth-order valence-electron chi connectivity index (χ4n) is 2.71. The largest absolute Gasteiger partial charge is 0.508 e. The molecule has 0 bridgehead atoms. The minimum Gasteiger partial charge on any atom is -0.508 e. The molecular formula is C14H17N5O2. The first-order valence-corrected chi connectivity index (χ1v) is 7.01. The van der Waals surface area contributed by atoms with Crippen molar-refractivity contribution in [1.82, 2.24) is 25.5 Å². The Kier molecular flexibility index (Phi) is 3.55. The minimum absolute atomic E-state index is 0.0624. The Labute approximate surface area is 122 Å². The molecule has 0 saturated carbocycles. The van der Waals surface area contributed by atoms with E-state index in [4.69, 9.17) is 0 Å². The molecule has 0 radical (unpaired) electrons. The highest BCUT2D eigenvalue weighted by atomic mass is 16.3. The van der Waals surface area contributed by atoms with Crippen molar-refractivity contribution >= 4 is 5.91 Å². The van der Waals surface area contributed by atoms with Crippen LogP contribution in [0.15, 0.2) is 18.2 Å². The lowest BCUT2D eigenvalue weighted by atomic mass is 9.99. The van der Waals surface area contributed by atoms with E-state index >= 15 is 0 Å². The fraction of sp³-hybridized carbons (Fsp3) is 0.429. The molecule has 21 heavy (non-hydrogen) atoms. The van der Waals surface area contributed by atoms with Crippen LogP contribution >= 0.6 is 0 Å². The van der Waals surface area contributed by atoms with Gasteiger partial charge in [0.1, 0.15) is 5.75 Å². The van der Waals surface area contributed by atoms with Gasteiger partial charge in [0.05, 0.1) is 6.04 Å². The van der Waals surface area contributed by atoms with E-state index < -0.39 is 0 Å². The molecule has 1 unspecified atom stereocenters. The van der Waals surface area contributed by atoms with Crippen LogP contribution in [0, 0.1) is 6.92 Å². The standard InChI is InChI=1S/C14H17N5O2/c1-9-8-10(5-6-12(9)20)14(21)19-7-3-2-4-11(19)13-15-17-18-16-13/h5-6,8,11,20H,2-4,7H2,1H3,(H,15,16,17,18). The number of rotatable bonds is 2. The van der Waals surface area contributed by atoms with Gasteiger partial charge in [0.15, 0.2) is 5.82 Å². The third-order valence-corrected chi connectivity index (χ3v) is 3.87. The molecule has 1 saturated heterocycles. The van der Waals surface area contributed by atoms with Gasteiger partial charge in [-0.3, -0.25) is 4.79 Å². The van der Waals surface area contributed by atoms with Crippen molar-refractivity contribution in [1.29, 1.82) is 0 Å². The number of phenolic OH excluding ortho intramolecular Hbond substituents is 1. The van der Waals surface area contributed by atoms with E-state index in [2.05, 4.69) is 20.6 Å². The number of nitrogens with zero attached hydrogens (tertiary/aromatic N) is 4. The maximum atomic E-state index is 12.7. The van der Waals surface area contributed by atoms with E-state index in [9.17, 15) is 9.90 Å². The second-order valence-corrected chi connectivity index (χ2v) is 5.28. The first-order chi connectivity index (χ1) is 10.2. The number of phenols is 1. The van der Waals surface area contributed by atoms with Crippen molar-refractivity contribution in [3.05, 3.63) is 35.2 Å². The Morgan fingerprint density at radius 3 is 3.00 bits per heavy atom. The molecule has 2 heterocycles. The number of H-pyrrole nitrogens is 1. The van der Waals surface area contributed by atoms with E-state index in [0.717, 1.165) is 19.3 Å². The summed E-state index contributed by atoms with van der Waals surface area (Å²) in [5, 5.41) is 23.6. The number of carbonyl (C=O) groups excluding carboxylic acids is 1. The number of piperidine rings is 1. The first-order valence-electron chi connectivity index (χ1n) is 7.01. The fourth-order valence-corrected chi connectivity index (χ4v) is 2.71. The zero-order valence-corrected chi connectivity index (χ0v) is 11.8. The third-order valence-electron chi connectivity index (χ3n) is 3.87. The van der Waals surface area contributed by atoms with Gasteiger partial charge in [0.25, 0.3) is 5.91 Å². The monoisotopic (exact) mass is 287 g/mol. The highest BCUT2D eigenvalue weighted by Crippen LogP contribution is 2.30. The van der Waals surface area contributed by atoms with Crippen molar-refractivity contribution in [3.8, 4) is 5.75 Å². The molecule has 1 aliphatic rings. The predicted octanol–water partition coefficient (Wildman–Crippen LogP) is 1.58. The van der Waals surface area contributed by atoms with Crippen LogP contribution in [0.3, 0.4) is 0 Å². The van der Waals surface area contributed by atoms with Gasteiger partial charge in [-0.05, 0) is 49.9 Å². The summed E-state index contributed by atoms with van der Waals surface area (Å²) in [6.45, 7) is 2.46. The van der Waals surface area contributed by atoms with E-state index in [1.807, 2.05) is 0 Å². The zero-order chi connectivity index (χ0) is 14.8. The number of aromatic nitrogens is 4. The Morgan fingerprint density at radius 1 is 1.43 bits per heavy atom. The molecule has 7 heteroatoms. The second-order valence-electron chi connectivity index (χ2n) is 5.28. The summed E-state index contributed by atoms with van der Waals surface area (Å²) in [4.78, 5) is 14.5. The van der Waals surface area contributed by atoms with Gasteiger partial charge in [-0.15, -0.1) is 10.2 Å². The average molecular weight is 287 g/mol.